The van der Waals surface area contributed by atoms with Crippen LogP contribution in [0.15, 0.2) is 24.3 Å². The molecule has 106 valence electrons. The molecule has 0 amide bonds. The third kappa shape index (κ3) is 2.83. The number of hydrogen-bond acceptors (Lipinski definition) is 2. The second-order valence-electron chi connectivity index (χ2n) is 6.25. The van der Waals surface area contributed by atoms with Crippen LogP contribution in [0.3, 0.4) is 0 Å². The van der Waals surface area contributed by atoms with E-state index in [0.29, 0.717) is 6.54 Å². The summed E-state index contributed by atoms with van der Waals surface area (Å²) in [5.41, 5.74) is 6.05. The first-order chi connectivity index (χ1) is 8.91. The van der Waals surface area contributed by atoms with E-state index in [0.717, 1.165) is 37.2 Å². The molecule has 1 saturated carbocycles. The summed E-state index contributed by atoms with van der Waals surface area (Å²) in [5, 5.41) is 11.2. The number of hydrogen-bond donors (Lipinski definition) is 2. The molecule has 0 aliphatic heterocycles. The van der Waals surface area contributed by atoms with Crippen molar-refractivity contribution >= 4 is 22.6 Å². The normalized spacial score (nSPS) is 30.9. The fraction of sp³-hybridized carbons (Fsp3) is 0.625. The molecule has 0 bridgehead atoms. The van der Waals surface area contributed by atoms with Gasteiger partial charge in [0.2, 0.25) is 0 Å². The summed E-state index contributed by atoms with van der Waals surface area (Å²) in [6.07, 6.45) is 4.36. The zero-order valence-electron chi connectivity index (χ0n) is 11.8. The van der Waals surface area contributed by atoms with Crippen LogP contribution in [0.5, 0.6) is 0 Å². The summed E-state index contributed by atoms with van der Waals surface area (Å²) in [7, 11) is 0. The van der Waals surface area contributed by atoms with E-state index in [1.165, 1.54) is 3.57 Å². The lowest BCUT2D eigenvalue weighted by atomic mass is 9.60. The van der Waals surface area contributed by atoms with Crippen molar-refractivity contribution in [3.8, 4) is 0 Å². The van der Waals surface area contributed by atoms with Gasteiger partial charge in [-0.3, -0.25) is 0 Å². The predicted octanol–water partition coefficient (Wildman–Crippen LogP) is 3.65. The van der Waals surface area contributed by atoms with Gasteiger partial charge in [0.25, 0.3) is 0 Å². The molecular formula is C16H24INO. The van der Waals surface area contributed by atoms with Gasteiger partial charge in [-0.15, -0.1) is 0 Å². The predicted molar refractivity (Wildman–Crippen MR) is 87.8 cm³/mol. The summed E-state index contributed by atoms with van der Waals surface area (Å²) in [4.78, 5) is 0. The monoisotopic (exact) mass is 373 g/mol. The van der Waals surface area contributed by atoms with E-state index in [1.54, 1.807) is 0 Å². The average molecular weight is 373 g/mol. The summed E-state index contributed by atoms with van der Waals surface area (Å²) < 4.78 is 1.19. The summed E-state index contributed by atoms with van der Waals surface area (Å²) >= 11 is 2.29. The van der Waals surface area contributed by atoms with Crippen molar-refractivity contribution in [2.24, 2.45) is 17.1 Å². The number of rotatable bonds is 3. The molecule has 1 aliphatic rings. The van der Waals surface area contributed by atoms with E-state index in [1.807, 2.05) is 19.1 Å². The molecule has 1 atom stereocenters. The lowest BCUT2D eigenvalue weighted by molar-refractivity contribution is -0.0970. The molecular weight excluding hydrogens is 349 g/mol. The lowest BCUT2D eigenvalue weighted by Crippen LogP contribution is -2.50. The maximum Gasteiger partial charge on any atom is 0.0936 e. The molecule has 1 aromatic rings. The third-order valence-electron chi connectivity index (χ3n) is 5.06. The first-order valence-corrected chi connectivity index (χ1v) is 8.18. The summed E-state index contributed by atoms with van der Waals surface area (Å²) in [6.45, 7) is 4.79. The summed E-state index contributed by atoms with van der Waals surface area (Å²) in [6, 6.07) is 8.19. The van der Waals surface area contributed by atoms with E-state index in [9.17, 15) is 5.11 Å². The van der Waals surface area contributed by atoms with Gasteiger partial charge in [-0.1, -0.05) is 31.9 Å². The molecule has 1 fully saturated rings. The van der Waals surface area contributed by atoms with E-state index in [2.05, 4.69) is 41.6 Å². The van der Waals surface area contributed by atoms with Crippen molar-refractivity contribution in [1.82, 2.24) is 0 Å². The Labute approximate surface area is 129 Å². The van der Waals surface area contributed by atoms with Crippen LogP contribution in [0.2, 0.25) is 0 Å². The molecule has 3 N–H and O–H groups in total. The smallest absolute Gasteiger partial charge is 0.0936 e. The molecule has 3 heteroatoms. The highest BCUT2D eigenvalue weighted by molar-refractivity contribution is 14.1. The Kier molecular flexibility index (Phi) is 4.58. The zero-order chi connectivity index (χ0) is 14.1. The van der Waals surface area contributed by atoms with Crippen molar-refractivity contribution in [1.29, 1.82) is 0 Å². The molecule has 2 rings (SSSR count). The van der Waals surface area contributed by atoms with Crippen LogP contribution in [0.25, 0.3) is 0 Å². The second kappa shape index (κ2) is 5.70. The Balaban J connectivity index is 2.32. The molecule has 1 unspecified atom stereocenters. The first-order valence-electron chi connectivity index (χ1n) is 7.10. The number of benzene rings is 1. The Morgan fingerprint density at radius 2 is 1.84 bits per heavy atom. The molecule has 0 spiro atoms. The van der Waals surface area contributed by atoms with E-state index in [-0.39, 0.29) is 5.41 Å². The van der Waals surface area contributed by atoms with Gasteiger partial charge < -0.3 is 10.8 Å². The van der Waals surface area contributed by atoms with Crippen molar-refractivity contribution in [2.45, 2.75) is 45.1 Å². The Morgan fingerprint density at radius 1 is 1.32 bits per heavy atom. The lowest BCUT2D eigenvalue weighted by Gasteiger charge is -2.49. The molecule has 0 radical (unpaired) electrons. The zero-order valence-corrected chi connectivity index (χ0v) is 14.0. The highest BCUT2D eigenvalue weighted by atomic mass is 127. The van der Waals surface area contributed by atoms with Crippen LogP contribution in [0.4, 0.5) is 0 Å². The van der Waals surface area contributed by atoms with Crippen LogP contribution in [0.1, 0.15) is 45.1 Å². The molecule has 1 aromatic carbocycles. The Hall–Kier alpha value is -0.130. The molecule has 1 aliphatic carbocycles. The SMILES string of the molecule is CC1CCC(CN)(C(C)(O)c2ccc(I)cc2)CC1. The molecule has 0 heterocycles. The minimum Gasteiger partial charge on any atom is -0.385 e. The Morgan fingerprint density at radius 3 is 2.32 bits per heavy atom. The maximum atomic E-state index is 11.2. The average Bonchev–Trinajstić information content (AvgIpc) is 2.40. The van der Waals surface area contributed by atoms with Gasteiger partial charge in [0, 0.05) is 15.5 Å². The topological polar surface area (TPSA) is 46.2 Å². The van der Waals surface area contributed by atoms with Crippen molar-refractivity contribution in [3.05, 3.63) is 33.4 Å². The standard InChI is InChI=1S/C16H24INO/c1-12-7-9-16(11-18,10-8-12)15(2,19)13-3-5-14(17)6-4-13/h3-6,12,19H,7-11,18H2,1-2H3. The maximum absolute atomic E-state index is 11.2. The van der Waals surface area contributed by atoms with Crippen molar-refractivity contribution in [3.63, 3.8) is 0 Å². The van der Waals surface area contributed by atoms with Crippen LogP contribution in [-0.2, 0) is 5.60 Å². The number of nitrogens with two attached hydrogens (primary N) is 1. The van der Waals surface area contributed by atoms with Gasteiger partial charge in [-0.2, -0.15) is 0 Å². The van der Waals surface area contributed by atoms with Crippen molar-refractivity contribution in [2.75, 3.05) is 6.54 Å². The van der Waals surface area contributed by atoms with E-state index >= 15 is 0 Å². The van der Waals surface area contributed by atoms with Gasteiger partial charge in [-0.25, -0.2) is 0 Å². The van der Waals surface area contributed by atoms with Crippen LogP contribution >= 0.6 is 22.6 Å². The van der Waals surface area contributed by atoms with E-state index in [4.69, 9.17) is 5.73 Å². The highest BCUT2D eigenvalue weighted by Gasteiger charge is 2.48. The van der Waals surface area contributed by atoms with Crippen molar-refractivity contribution < 1.29 is 5.11 Å². The van der Waals surface area contributed by atoms with Gasteiger partial charge in [0.1, 0.15) is 0 Å². The van der Waals surface area contributed by atoms with Crippen LogP contribution < -0.4 is 5.73 Å². The third-order valence-corrected chi connectivity index (χ3v) is 5.78. The van der Waals surface area contributed by atoms with Gasteiger partial charge in [0.15, 0.2) is 0 Å². The molecule has 19 heavy (non-hydrogen) atoms. The summed E-state index contributed by atoms with van der Waals surface area (Å²) in [5.74, 6) is 0.757. The van der Waals surface area contributed by atoms with E-state index < -0.39 is 5.60 Å². The molecule has 0 saturated heterocycles. The largest absolute Gasteiger partial charge is 0.385 e. The van der Waals surface area contributed by atoms with Gasteiger partial charge in [0.05, 0.1) is 5.60 Å². The second-order valence-corrected chi connectivity index (χ2v) is 7.49. The first kappa shape index (κ1) is 15.3. The fourth-order valence-corrected chi connectivity index (χ4v) is 3.64. The van der Waals surface area contributed by atoms with Crippen LogP contribution in [-0.4, -0.2) is 11.7 Å². The number of halogens is 1. The fourth-order valence-electron chi connectivity index (χ4n) is 3.28. The Bertz CT molecular complexity index is 419. The quantitative estimate of drug-likeness (QED) is 0.795. The van der Waals surface area contributed by atoms with Gasteiger partial charge in [-0.05, 0) is 66.0 Å². The van der Waals surface area contributed by atoms with Crippen LogP contribution in [0, 0.1) is 14.9 Å². The van der Waals surface area contributed by atoms with Gasteiger partial charge >= 0.3 is 0 Å². The molecule has 2 nitrogen and oxygen atoms in total. The number of aliphatic hydroxyl groups is 1. The minimum absolute atomic E-state index is 0.174. The minimum atomic E-state index is -0.841. The highest BCUT2D eigenvalue weighted by Crippen LogP contribution is 2.50. The molecule has 0 aromatic heterocycles.